The van der Waals surface area contributed by atoms with Crippen molar-refractivity contribution in [2.45, 2.75) is 58.3 Å². The number of aromatic nitrogens is 2. The van der Waals surface area contributed by atoms with Crippen molar-refractivity contribution in [3.8, 4) is 5.75 Å². The summed E-state index contributed by atoms with van der Waals surface area (Å²) in [5, 5.41) is -0.157. The van der Waals surface area contributed by atoms with E-state index < -0.39 is 0 Å². The number of pyridine rings is 1. The molecule has 2 aromatic heterocycles. The van der Waals surface area contributed by atoms with Gasteiger partial charge in [-0.3, -0.25) is 14.5 Å². The van der Waals surface area contributed by atoms with E-state index in [0.29, 0.717) is 18.1 Å². The fourth-order valence-electron chi connectivity index (χ4n) is 3.30. The van der Waals surface area contributed by atoms with E-state index in [-0.39, 0.29) is 11.1 Å². The van der Waals surface area contributed by atoms with E-state index in [2.05, 4.69) is 11.9 Å². The van der Waals surface area contributed by atoms with Gasteiger partial charge in [0.1, 0.15) is 0 Å². The zero-order valence-corrected chi connectivity index (χ0v) is 17.8. The highest BCUT2D eigenvalue weighted by molar-refractivity contribution is 8.18. The minimum Gasteiger partial charge on any atom is -0.490 e. The Kier molecular flexibility index (Phi) is 8.16. The maximum atomic E-state index is 12.5. The Hall–Kier alpha value is -2.28. The van der Waals surface area contributed by atoms with Crippen LogP contribution in [0.4, 0.5) is 4.79 Å². The Morgan fingerprint density at radius 2 is 1.97 bits per heavy atom. The molecule has 6 nitrogen and oxygen atoms in total. The first-order chi connectivity index (χ1) is 14.2. The second-order valence-corrected chi connectivity index (χ2v) is 8.18. The zero-order valence-electron chi connectivity index (χ0n) is 17.0. The van der Waals surface area contributed by atoms with E-state index >= 15 is 0 Å². The number of imide groups is 1. The van der Waals surface area contributed by atoms with E-state index in [1.165, 1.54) is 30.6 Å². The van der Waals surface area contributed by atoms with Crippen molar-refractivity contribution in [2.24, 2.45) is 0 Å². The third-order valence-electron chi connectivity index (χ3n) is 4.93. The molecule has 0 aliphatic carbocycles. The van der Waals surface area contributed by atoms with Crippen LogP contribution in [0, 0.1) is 0 Å². The van der Waals surface area contributed by atoms with Gasteiger partial charge in [-0.05, 0) is 49.6 Å². The van der Waals surface area contributed by atoms with Crippen LogP contribution in [0.5, 0.6) is 5.75 Å². The van der Waals surface area contributed by atoms with E-state index in [9.17, 15) is 9.59 Å². The molecule has 156 valence electrons. The van der Waals surface area contributed by atoms with Gasteiger partial charge in [-0.25, -0.2) is 4.98 Å². The van der Waals surface area contributed by atoms with Crippen LogP contribution < -0.4 is 4.74 Å². The Bertz CT molecular complexity index is 862. The maximum Gasteiger partial charge on any atom is 0.293 e. The molecular formula is C22H29N3O3S. The second kappa shape index (κ2) is 11.0. The third-order valence-corrected chi connectivity index (χ3v) is 5.88. The lowest BCUT2D eigenvalue weighted by Gasteiger charge is -2.12. The van der Waals surface area contributed by atoms with Crippen LogP contribution in [-0.4, -0.2) is 38.6 Å². The molecule has 0 radical (unpaired) electrons. The Balaban J connectivity index is 1.37. The number of fused-ring (bicyclic) bond motifs is 1. The molecule has 1 aliphatic heterocycles. The van der Waals surface area contributed by atoms with E-state index in [1.54, 1.807) is 6.20 Å². The number of ether oxygens (including phenoxy) is 1. The molecule has 3 rings (SSSR count). The van der Waals surface area contributed by atoms with Gasteiger partial charge >= 0.3 is 0 Å². The molecule has 1 saturated heterocycles. The van der Waals surface area contributed by atoms with Gasteiger partial charge in [-0.15, -0.1) is 0 Å². The number of hydrogen-bond donors (Lipinski definition) is 0. The van der Waals surface area contributed by atoms with Crippen molar-refractivity contribution in [3.05, 3.63) is 41.7 Å². The highest BCUT2D eigenvalue weighted by Crippen LogP contribution is 2.31. The average Bonchev–Trinajstić information content (AvgIpc) is 3.30. The number of imidazole rings is 1. The average molecular weight is 416 g/mol. The highest BCUT2D eigenvalue weighted by atomic mass is 32.2. The summed E-state index contributed by atoms with van der Waals surface area (Å²) >= 11 is 1.07. The van der Waals surface area contributed by atoms with E-state index in [4.69, 9.17) is 4.74 Å². The lowest BCUT2D eigenvalue weighted by atomic mass is 10.1. The second-order valence-electron chi connectivity index (χ2n) is 7.18. The summed E-state index contributed by atoms with van der Waals surface area (Å²) in [7, 11) is 0. The van der Waals surface area contributed by atoms with Gasteiger partial charge in [0.25, 0.3) is 11.1 Å². The van der Waals surface area contributed by atoms with Crippen LogP contribution in [0.15, 0.2) is 41.7 Å². The van der Waals surface area contributed by atoms with Gasteiger partial charge in [-0.1, -0.05) is 38.7 Å². The topological polar surface area (TPSA) is 63.9 Å². The predicted octanol–water partition coefficient (Wildman–Crippen LogP) is 5.43. The number of allylic oxidation sites excluding steroid dienone is 1. The molecule has 2 amide bonds. The molecule has 7 heteroatoms. The van der Waals surface area contributed by atoms with Crippen molar-refractivity contribution in [2.75, 3.05) is 13.2 Å². The molecule has 0 atom stereocenters. The number of amides is 2. The van der Waals surface area contributed by atoms with Gasteiger partial charge in [0.05, 0.1) is 11.5 Å². The molecule has 0 saturated carbocycles. The molecule has 1 aliphatic rings. The van der Waals surface area contributed by atoms with Crippen molar-refractivity contribution in [1.82, 2.24) is 14.3 Å². The lowest BCUT2D eigenvalue weighted by molar-refractivity contribution is -0.122. The molecular weight excluding hydrogens is 386 g/mol. The number of thioether (sulfide) groups is 1. The maximum absolute atomic E-state index is 12.5. The standard InChI is InChI=1S/C22H29N3O3S/c1-2-3-4-5-6-7-12-19-21(26)25(22(27)29-19)15-8-9-17-28-18-11-10-14-24-16-13-23-20(18)24/h10-14,16H,2-9,15,17H2,1H3. The van der Waals surface area contributed by atoms with Crippen LogP contribution in [0.1, 0.15) is 58.3 Å². The minimum atomic E-state index is -0.157. The molecule has 0 bridgehead atoms. The summed E-state index contributed by atoms with van der Waals surface area (Å²) in [5.74, 6) is 0.599. The first kappa shape index (κ1) is 21.4. The predicted molar refractivity (Wildman–Crippen MR) is 116 cm³/mol. The first-order valence-corrected chi connectivity index (χ1v) is 11.3. The summed E-state index contributed by atoms with van der Waals surface area (Å²) in [6.45, 7) is 3.16. The van der Waals surface area contributed by atoms with Gasteiger partial charge in [0.2, 0.25) is 0 Å². The number of unbranched alkanes of at least 4 members (excludes halogenated alkanes) is 6. The van der Waals surface area contributed by atoms with Crippen LogP contribution in [-0.2, 0) is 4.79 Å². The van der Waals surface area contributed by atoms with Crippen molar-refractivity contribution < 1.29 is 14.3 Å². The zero-order chi connectivity index (χ0) is 20.5. The molecule has 0 N–H and O–H groups in total. The third kappa shape index (κ3) is 5.85. The van der Waals surface area contributed by atoms with Crippen LogP contribution in [0.2, 0.25) is 0 Å². The Morgan fingerprint density at radius 3 is 2.83 bits per heavy atom. The number of carbonyl (C=O) groups excluding carboxylic acids is 2. The quantitative estimate of drug-likeness (QED) is 0.341. The fraction of sp³-hybridized carbons (Fsp3) is 0.500. The number of nitrogens with zero attached hydrogens (tertiary/aromatic N) is 3. The number of rotatable bonds is 12. The Labute approximate surface area is 176 Å². The monoisotopic (exact) mass is 415 g/mol. The first-order valence-electron chi connectivity index (χ1n) is 10.5. The fourth-order valence-corrected chi connectivity index (χ4v) is 4.17. The van der Waals surface area contributed by atoms with Crippen molar-refractivity contribution in [3.63, 3.8) is 0 Å². The van der Waals surface area contributed by atoms with Crippen molar-refractivity contribution in [1.29, 1.82) is 0 Å². The summed E-state index contributed by atoms with van der Waals surface area (Å²) in [6.07, 6.45) is 15.8. The number of hydrogen-bond acceptors (Lipinski definition) is 5. The molecule has 0 aromatic carbocycles. The minimum absolute atomic E-state index is 0.142. The summed E-state index contributed by atoms with van der Waals surface area (Å²) < 4.78 is 7.73. The Morgan fingerprint density at radius 1 is 1.10 bits per heavy atom. The van der Waals surface area contributed by atoms with E-state index in [0.717, 1.165) is 48.8 Å². The van der Waals surface area contributed by atoms with Crippen molar-refractivity contribution >= 4 is 28.6 Å². The largest absolute Gasteiger partial charge is 0.490 e. The van der Waals surface area contributed by atoms with Gasteiger partial charge in [0.15, 0.2) is 11.4 Å². The molecule has 29 heavy (non-hydrogen) atoms. The van der Waals surface area contributed by atoms with E-state index in [1.807, 2.05) is 35.0 Å². The molecule has 2 aromatic rings. The molecule has 0 spiro atoms. The molecule has 0 unspecified atom stereocenters. The van der Waals surface area contributed by atoms with Crippen LogP contribution in [0.25, 0.3) is 5.65 Å². The van der Waals surface area contributed by atoms with Gasteiger partial charge < -0.3 is 9.14 Å². The summed E-state index contributed by atoms with van der Waals surface area (Å²) in [4.78, 5) is 30.9. The van der Waals surface area contributed by atoms with Crippen LogP contribution in [0.3, 0.4) is 0 Å². The smallest absolute Gasteiger partial charge is 0.293 e. The summed E-state index contributed by atoms with van der Waals surface area (Å²) in [5.41, 5.74) is 0.790. The van der Waals surface area contributed by atoms with Gasteiger partial charge in [-0.2, -0.15) is 0 Å². The van der Waals surface area contributed by atoms with Gasteiger partial charge in [0, 0.05) is 25.1 Å². The normalized spacial score (nSPS) is 15.8. The SMILES string of the molecule is CCCCCCCC=C1SC(=O)N(CCCCOc2cccn3ccnc23)C1=O. The summed E-state index contributed by atoms with van der Waals surface area (Å²) in [6, 6.07) is 3.81. The highest BCUT2D eigenvalue weighted by Gasteiger charge is 2.34. The number of carbonyl (C=O) groups is 2. The molecule has 1 fully saturated rings. The molecule has 3 heterocycles. The van der Waals surface area contributed by atoms with Crippen LogP contribution >= 0.6 is 11.8 Å². The lowest BCUT2D eigenvalue weighted by Crippen LogP contribution is -2.29.